The van der Waals surface area contributed by atoms with Crippen LogP contribution in [-0.2, 0) is 6.54 Å². The van der Waals surface area contributed by atoms with E-state index in [2.05, 4.69) is 52.1 Å². The molecule has 2 unspecified atom stereocenters. The summed E-state index contributed by atoms with van der Waals surface area (Å²) in [6, 6.07) is 20.1. The van der Waals surface area contributed by atoms with Crippen LogP contribution in [0.4, 0.5) is 10.5 Å². The van der Waals surface area contributed by atoms with Crippen LogP contribution < -0.4 is 10.6 Å². The molecule has 0 aliphatic carbocycles. The molecule has 148 valence electrons. The van der Waals surface area contributed by atoms with E-state index in [-0.39, 0.29) is 12.1 Å². The fourth-order valence-electron chi connectivity index (χ4n) is 4.68. The van der Waals surface area contributed by atoms with E-state index in [1.54, 1.807) is 11.8 Å². The third-order valence-corrected chi connectivity index (χ3v) is 6.76. The second-order valence-corrected chi connectivity index (χ2v) is 8.77. The van der Waals surface area contributed by atoms with Crippen molar-refractivity contribution >= 4 is 23.5 Å². The Kier molecular flexibility index (Phi) is 6.23. The van der Waals surface area contributed by atoms with Crippen molar-refractivity contribution in [3.8, 4) is 0 Å². The van der Waals surface area contributed by atoms with Gasteiger partial charge in [0.1, 0.15) is 0 Å². The fourth-order valence-corrected chi connectivity index (χ4v) is 5.08. The molecule has 2 aliphatic heterocycles. The van der Waals surface area contributed by atoms with Gasteiger partial charge >= 0.3 is 6.03 Å². The first kappa shape index (κ1) is 19.3. The molecule has 2 aromatic carbocycles. The zero-order valence-electron chi connectivity index (χ0n) is 16.4. The second-order valence-electron chi connectivity index (χ2n) is 7.89. The first-order valence-electron chi connectivity index (χ1n) is 10.2. The van der Waals surface area contributed by atoms with Crippen LogP contribution in [-0.4, -0.2) is 35.3 Å². The van der Waals surface area contributed by atoms with Crippen LogP contribution in [0.3, 0.4) is 0 Å². The fraction of sp³-hybridized carbons (Fsp3) is 0.435. The molecule has 2 bridgehead atoms. The van der Waals surface area contributed by atoms with Gasteiger partial charge in [-0.1, -0.05) is 36.8 Å². The lowest BCUT2D eigenvalue weighted by Crippen LogP contribution is -2.56. The van der Waals surface area contributed by atoms with Gasteiger partial charge in [0.25, 0.3) is 0 Å². The molecule has 2 aliphatic rings. The summed E-state index contributed by atoms with van der Waals surface area (Å²) in [6.07, 6.45) is 7.92. The number of benzene rings is 2. The number of amides is 2. The van der Waals surface area contributed by atoms with E-state index in [0.29, 0.717) is 12.1 Å². The van der Waals surface area contributed by atoms with Crippen LogP contribution in [0.1, 0.15) is 37.7 Å². The van der Waals surface area contributed by atoms with Crippen LogP contribution in [0.2, 0.25) is 0 Å². The van der Waals surface area contributed by atoms with Gasteiger partial charge in [-0.05, 0) is 61.8 Å². The lowest BCUT2D eigenvalue weighted by atomic mass is 9.81. The Morgan fingerprint density at radius 2 is 1.71 bits per heavy atom. The highest BCUT2D eigenvalue weighted by Crippen LogP contribution is 2.35. The number of nitrogens with one attached hydrogen (secondary N) is 2. The molecule has 2 amide bonds. The molecule has 2 atom stereocenters. The van der Waals surface area contributed by atoms with Crippen LogP contribution in [0, 0.1) is 0 Å². The molecule has 0 aromatic heterocycles. The van der Waals surface area contributed by atoms with E-state index < -0.39 is 0 Å². The lowest BCUT2D eigenvalue weighted by Gasteiger charge is -2.49. The van der Waals surface area contributed by atoms with Crippen molar-refractivity contribution in [3.63, 3.8) is 0 Å². The number of piperidine rings is 2. The molecule has 2 fully saturated rings. The van der Waals surface area contributed by atoms with Crippen molar-refractivity contribution in [2.24, 2.45) is 0 Å². The van der Waals surface area contributed by atoms with E-state index in [9.17, 15) is 4.79 Å². The van der Waals surface area contributed by atoms with E-state index >= 15 is 0 Å². The van der Waals surface area contributed by atoms with Gasteiger partial charge in [-0.2, -0.15) is 0 Å². The van der Waals surface area contributed by atoms with E-state index in [4.69, 9.17) is 0 Å². The summed E-state index contributed by atoms with van der Waals surface area (Å²) in [4.78, 5) is 16.4. The Hall–Kier alpha value is -1.98. The maximum atomic E-state index is 12.5. The molecule has 2 saturated heterocycles. The van der Waals surface area contributed by atoms with Crippen molar-refractivity contribution in [1.82, 2.24) is 10.2 Å². The molecular weight excluding hydrogens is 366 g/mol. The molecule has 2 heterocycles. The SMILES string of the molecule is CSc1ccc(NC(=O)NC2CC3CCCC(C2)N3Cc2ccccc2)cc1. The maximum Gasteiger partial charge on any atom is 0.319 e. The number of hydrogen-bond acceptors (Lipinski definition) is 3. The largest absolute Gasteiger partial charge is 0.335 e. The third kappa shape index (κ3) is 4.70. The molecule has 5 heteroatoms. The minimum atomic E-state index is -0.0866. The molecule has 0 radical (unpaired) electrons. The number of urea groups is 1. The van der Waals surface area contributed by atoms with Crippen molar-refractivity contribution in [2.75, 3.05) is 11.6 Å². The summed E-state index contributed by atoms with van der Waals surface area (Å²) in [6.45, 7) is 1.02. The zero-order chi connectivity index (χ0) is 19.3. The highest BCUT2D eigenvalue weighted by molar-refractivity contribution is 7.98. The molecule has 28 heavy (non-hydrogen) atoms. The zero-order valence-corrected chi connectivity index (χ0v) is 17.3. The van der Waals surface area contributed by atoms with Gasteiger partial charge in [0.15, 0.2) is 0 Å². The average Bonchev–Trinajstić information content (AvgIpc) is 2.70. The molecule has 0 saturated carbocycles. The van der Waals surface area contributed by atoms with Gasteiger partial charge in [-0.3, -0.25) is 4.90 Å². The lowest BCUT2D eigenvalue weighted by molar-refractivity contribution is 0.0200. The van der Waals surface area contributed by atoms with Crippen LogP contribution in [0.15, 0.2) is 59.5 Å². The average molecular weight is 396 g/mol. The van der Waals surface area contributed by atoms with Gasteiger partial charge in [0.2, 0.25) is 0 Å². The Labute approximate surface area is 172 Å². The van der Waals surface area contributed by atoms with Crippen molar-refractivity contribution in [2.45, 2.75) is 61.7 Å². The highest BCUT2D eigenvalue weighted by Gasteiger charge is 2.38. The normalized spacial score (nSPS) is 24.5. The first-order chi connectivity index (χ1) is 13.7. The Morgan fingerprint density at radius 3 is 2.36 bits per heavy atom. The number of hydrogen-bond donors (Lipinski definition) is 2. The monoisotopic (exact) mass is 395 g/mol. The summed E-state index contributed by atoms with van der Waals surface area (Å²) in [7, 11) is 0. The summed E-state index contributed by atoms with van der Waals surface area (Å²) < 4.78 is 0. The van der Waals surface area contributed by atoms with Crippen molar-refractivity contribution in [3.05, 3.63) is 60.2 Å². The Bertz CT molecular complexity index is 766. The standard InChI is InChI=1S/C23H29N3OS/c1-28-22-12-10-18(11-13-22)24-23(27)25-19-14-20-8-5-9-21(15-19)26(20)16-17-6-3-2-4-7-17/h2-4,6-7,10-13,19-21H,5,8-9,14-16H2,1H3,(H2,24,25,27). The van der Waals surface area contributed by atoms with Gasteiger partial charge in [0, 0.05) is 35.3 Å². The predicted molar refractivity (Wildman–Crippen MR) is 117 cm³/mol. The molecular formula is C23H29N3OS. The Balaban J connectivity index is 1.33. The quantitative estimate of drug-likeness (QED) is 0.691. The third-order valence-electron chi connectivity index (χ3n) is 6.02. The predicted octanol–water partition coefficient (Wildman–Crippen LogP) is 5.12. The minimum Gasteiger partial charge on any atom is -0.335 e. The molecule has 0 spiro atoms. The Morgan fingerprint density at radius 1 is 1.04 bits per heavy atom. The van der Waals surface area contributed by atoms with Crippen molar-refractivity contribution < 1.29 is 4.79 Å². The van der Waals surface area contributed by atoms with Crippen LogP contribution in [0.5, 0.6) is 0 Å². The number of nitrogens with zero attached hydrogens (tertiary/aromatic N) is 1. The number of carbonyl (C=O) groups excluding carboxylic acids is 1. The van der Waals surface area contributed by atoms with Gasteiger partial charge in [-0.25, -0.2) is 4.79 Å². The highest BCUT2D eigenvalue weighted by atomic mass is 32.2. The van der Waals surface area contributed by atoms with Crippen molar-refractivity contribution in [1.29, 1.82) is 0 Å². The second kappa shape index (κ2) is 9.01. The topological polar surface area (TPSA) is 44.4 Å². The first-order valence-corrected chi connectivity index (χ1v) is 11.4. The summed E-state index contributed by atoms with van der Waals surface area (Å²) >= 11 is 1.70. The van der Waals surface area contributed by atoms with Gasteiger partial charge in [0.05, 0.1) is 0 Å². The summed E-state index contributed by atoms with van der Waals surface area (Å²) in [5.41, 5.74) is 2.23. The number of carbonyl (C=O) groups is 1. The summed E-state index contributed by atoms with van der Waals surface area (Å²) in [5, 5.41) is 6.21. The molecule has 2 N–H and O–H groups in total. The smallest absolute Gasteiger partial charge is 0.319 e. The van der Waals surface area contributed by atoms with E-state index in [1.807, 2.05) is 24.3 Å². The van der Waals surface area contributed by atoms with Gasteiger partial charge in [-0.15, -0.1) is 11.8 Å². The van der Waals surface area contributed by atoms with Crippen LogP contribution in [0.25, 0.3) is 0 Å². The number of thioether (sulfide) groups is 1. The maximum absolute atomic E-state index is 12.5. The number of fused-ring (bicyclic) bond motifs is 2. The number of rotatable bonds is 5. The molecule has 2 aromatic rings. The number of anilines is 1. The van der Waals surface area contributed by atoms with E-state index in [0.717, 1.165) is 25.1 Å². The van der Waals surface area contributed by atoms with Gasteiger partial charge < -0.3 is 10.6 Å². The minimum absolute atomic E-state index is 0.0866. The molecule has 4 nitrogen and oxygen atoms in total. The van der Waals surface area contributed by atoms with Crippen LogP contribution >= 0.6 is 11.8 Å². The van der Waals surface area contributed by atoms with E-state index in [1.165, 1.54) is 29.7 Å². The summed E-state index contributed by atoms with van der Waals surface area (Å²) in [5.74, 6) is 0. The molecule has 4 rings (SSSR count).